The molecular formula is C18H27NO4. The van der Waals surface area contributed by atoms with Crippen LogP contribution in [0.4, 0.5) is 0 Å². The highest BCUT2D eigenvalue weighted by atomic mass is 16.5. The van der Waals surface area contributed by atoms with Crippen LogP contribution < -0.4 is 10.1 Å². The van der Waals surface area contributed by atoms with Crippen molar-refractivity contribution in [2.24, 2.45) is 5.41 Å². The van der Waals surface area contributed by atoms with E-state index < -0.39 is 16.8 Å². The second kappa shape index (κ2) is 7.49. The normalized spacial score (nSPS) is 11.9. The molecule has 0 radical (unpaired) electrons. The molecule has 0 heterocycles. The highest BCUT2D eigenvalue weighted by molar-refractivity contribution is 5.88. The maximum Gasteiger partial charge on any atom is 0.311 e. The minimum absolute atomic E-state index is 0.118. The lowest BCUT2D eigenvalue weighted by Crippen LogP contribution is -2.47. The molecule has 1 amide bonds. The van der Waals surface area contributed by atoms with Gasteiger partial charge in [0.1, 0.15) is 5.75 Å². The third kappa shape index (κ3) is 3.84. The Morgan fingerprint density at radius 2 is 1.74 bits per heavy atom. The fraction of sp³-hybridized carbons (Fsp3) is 0.556. The van der Waals surface area contributed by atoms with Crippen molar-refractivity contribution >= 4 is 11.9 Å². The number of carboxylic acid groups (broad SMARTS) is 1. The molecule has 5 nitrogen and oxygen atoms in total. The quantitative estimate of drug-likeness (QED) is 0.772. The molecule has 2 N–H and O–H groups in total. The predicted molar refractivity (Wildman–Crippen MR) is 89.7 cm³/mol. The van der Waals surface area contributed by atoms with Gasteiger partial charge in [-0.15, -0.1) is 0 Å². The second-order valence-corrected chi connectivity index (χ2v) is 6.30. The number of carbonyl (C=O) groups is 2. The molecule has 0 atom stereocenters. The molecule has 128 valence electrons. The molecule has 0 saturated carbocycles. The van der Waals surface area contributed by atoms with Gasteiger partial charge in [0.2, 0.25) is 5.91 Å². The summed E-state index contributed by atoms with van der Waals surface area (Å²) in [7, 11) is 1.57. The Hall–Kier alpha value is -2.04. The first-order valence-corrected chi connectivity index (χ1v) is 7.90. The van der Waals surface area contributed by atoms with E-state index in [1.165, 1.54) is 0 Å². The van der Waals surface area contributed by atoms with E-state index in [0.29, 0.717) is 18.6 Å². The van der Waals surface area contributed by atoms with Gasteiger partial charge in [-0.1, -0.05) is 32.0 Å². The number of methoxy groups -OCH3 is 1. The first-order chi connectivity index (χ1) is 10.7. The van der Waals surface area contributed by atoms with Gasteiger partial charge in [0.05, 0.1) is 17.9 Å². The monoisotopic (exact) mass is 321 g/mol. The smallest absolute Gasteiger partial charge is 0.311 e. The Kier molecular flexibility index (Phi) is 6.19. The second-order valence-electron chi connectivity index (χ2n) is 6.30. The molecule has 0 saturated heterocycles. The summed E-state index contributed by atoms with van der Waals surface area (Å²) < 4.78 is 5.33. The molecular weight excluding hydrogens is 294 g/mol. The van der Waals surface area contributed by atoms with Crippen LogP contribution >= 0.6 is 0 Å². The zero-order valence-corrected chi connectivity index (χ0v) is 14.6. The Morgan fingerprint density at radius 1 is 1.17 bits per heavy atom. The van der Waals surface area contributed by atoms with E-state index in [9.17, 15) is 14.7 Å². The minimum Gasteiger partial charge on any atom is -0.496 e. The van der Waals surface area contributed by atoms with Crippen molar-refractivity contribution in [3.8, 4) is 5.75 Å². The average molecular weight is 321 g/mol. The molecule has 0 aliphatic carbocycles. The average Bonchev–Trinajstić information content (AvgIpc) is 2.55. The van der Waals surface area contributed by atoms with Gasteiger partial charge in [0.15, 0.2) is 0 Å². The maximum absolute atomic E-state index is 12.7. The third-order valence-corrected chi connectivity index (χ3v) is 4.74. The number of para-hydroxylation sites is 1. The number of amides is 1. The Labute approximate surface area is 138 Å². The van der Waals surface area contributed by atoms with Gasteiger partial charge >= 0.3 is 5.97 Å². The van der Waals surface area contributed by atoms with Gasteiger partial charge in [0, 0.05) is 12.1 Å². The van der Waals surface area contributed by atoms with Gasteiger partial charge < -0.3 is 15.2 Å². The number of hydrogen-bond acceptors (Lipinski definition) is 3. The summed E-state index contributed by atoms with van der Waals surface area (Å²) in [5.41, 5.74) is -0.973. The zero-order chi connectivity index (χ0) is 17.7. The van der Waals surface area contributed by atoms with Gasteiger partial charge in [-0.3, -0.25) is 9.59 Å². The van der Waals surface area contributed by atoms with Gasteiger partial charge in [-0.05, 0) is 32.8 Å². The SMILES string of the molecule is CCC(CC)(CNC(=O)C(C)(C)c1ccccc1OC)C(=O)O. The topological polar surface area (TPSA) is 75.6 Å². The Balaban J connectivity index is 2.98. The maximum atomic E-state index is 12.7. The number of benzene rings is 1. The highest BCUT2D eigenvalue weighted by Crippen LogP contribution is 2.32. The lowest BCUT2D eigenvalue weighted by Gasteiger charge is -2.31. The van der Waals surface area contributed by atoms with Crippen molar-refractivity contribution in [1.82, 2.24) is 5.32 Å². The number of hydrogen-bond donors (Lipinski definition) is 2. The molecule has 5 heteroatoms. The fourth-order valence-electron chi connectivity index (χ4n) is 2.63. The molecule has 0 unspecified atom stereocenters. The number of carbonyl (C=O) groups excluding carboxylic acids is 1. The fourth-order valence-corrected chi connectivity index (χ4v) is 2.63. The largest absolute Gasteiger partial charge is 0.496 e. The van der Waals surface area contributed by atoms with Crippen LogP contribution in [0.2, 0.25) is 0 Å². The summed E-state index contributed by atoms with van der Waals surface area (Å²) in [4.78, 5) is 24.2. The molecule has 0 aliphatic rings. The number of carboxylic acids is 1. The molecule has 0 spiro atoms. The van der Waals surface area contributed by atoms with E-state index in [2.05, 4.69) is 5.32 Å². The summed E-state index contributed by atoms with van der Waals surface area (Å²) in [6.07, 6.45) is 0.933. The molecule has 0 bridgehead atoms. The van der Waals surface area contributed by atoms with Crippen LogP contribution in [0.25, 0.3) is 0 Å². The van der Waals surface area contributed by atoms with Gasteiger partial charge in [0.25, 0.3) is 0 Å². The van der Waals surface area contributed by atoms with Gasteiger partial charge in [-0.2, -0.15) is 0 Å². The Bertz CT molecular complexity index is 562. The number of aliphatic carboxylic acids is 1. The molecule has 0 fully saturated rings. The molecule has 1 aromatic carbocycles. The predicted octanol–water partition coefficient (Wildman–Crippen LogP) is 2.98. The molecule has 1 aromatic rings. The van der Waals surface area contributed by atoms with Crippen LogP contribution in [-0.4, -0.2) is 30.6 Å². The first-order valence-electron chi connectivity index (χ1n) is 7.90. The van der Waals surface area contributed by atoms with Crippen molar-refractivity contribution in [3.05, 3.63) is 29.8 Å². The summed E-state index contributed by atoms with van der Waals surface area (Å²) in [5, 5.41) is 12.3. The van der Waals surface area contributed by atoms with Gasteiger partial charge in [-0.25, -0.2) is 0 Å². The summed E-state index contributed by atoms with van der Waals surface area (Å²) >= 11 is 0. The lowest BCUT2D eigenvalue weighted by atomic mass is 9.80. The van der Waals surface area contributed by atoms with Crippen LogP contribution in [0.3, 0.4) is 0 Å². The highest BCUT2D eigenvalue weighted by Gasteiger charge is 2.38. The van der Waals surface area contributed by atoms with Crippen LogP contribution in [0.5, 0.6) is 5.75 Å². The minimum atomic E-state index is -0.924. The Morgan fingerprint density at radius 3 is 2.22 bits per heavy atom. The molecule has 23 heavy (non-hydrogen) atoms. The lowest BCUT2D eigenvalue weighted by molar-refractivity contribution is -0.149. The van der Waals surface area contributed by atoms with Crippen LogP contribution in [0.15, 0.2) is 24.3 Å². The van der Waals surface area contributed by atoms with E-state index in [4.69, 9.17) is 4.74 Å². The van der Waals surface area contributed by atoms with E-state index in [-0.39, 0.29) is 12.5 Å². The van der Waals surface area contributed by atoms with Crippen molar-refractivity contribution in [3.63, 3.8) is 0 Å². The number of nitrogens with one attached hydrogen (secondary N) is 1. The van der Waals surface area contributed by atoms with Crippen LogP contribution in [-0.2, 0) is 15.0 Å². The van der Waals surface area contributed by atoms with Crippen molar-refractivity contribution in [1.29, 1.82) is 0 Å². The molecule has 0 aromatic heterocycles. The third-order valence-electron chi connectivity index (χ3n) is 4.74. The number of rotatable bonds is 8. The van der Waals surface area contributed by atoms with E-state index in [0.717, 1.165) is 5.56 Å². The van der Waals surface area contributed by atoms with Crippen LogP contribution in [0.1, 0.15) is 46.1 Å². The first kappa shape index (κ1) is 19.0. The molecule has 1 rings (SSSR count). The van der Waals surface area contributed by atoms with E-state index in [1.807, 2.05) is 38.1 Å². The zero-order valence-electron chi connectivity index (χ0n) is 14.6. The standard InChI is InChI=1S/C18H27NO4/c1-6-18(7-2,16(21)22)12-19-15(20)17(3,4)13-10-8-9-11-14(13)23-5/h8-11H,6-7,12H2,1-5H3,(H,19,20)(H,21,22). The van der Waals surface area contributed by atoms with E-state index >= 15 is 0 Å². The van der Waals surface area contributed by atoms with Crippen LogP contribution in [0, 0.1) is 5.41 Å². The van der Waals surface area contributed by atoms with Crippen molar-refractivity contribution in [2.45, 2.75) is 46.0 Å². The molecule has 0 aliphatic heterocycles. The summed E-state index contributed by atoms with van der Waals surface area (Å²) in [6.45, 7) is 7.39. The van der Waals surface area contributed by atoms with E-state index in [1.54, 1.807) is 21.0 Å². The number of ether oxygens (including phenoxy) is 1. The summed E-state index contributed by atoms with van der Waals surface area (Å²) in [5.74, 6) is -0.449. The van der Waals surface area contributed by atoms with Crippen molar-refractivity contribution < 1.29 is 19.4 Å². The summed E-state index contributed by atoms with van der Waals surface area (Å²) in [6, 6.07) is 7.36. The van der Waals surface area contributed by atoms with Crippen molar-refractivity contribution in [2.75, 3.05) is 13.7 Å².